The molecule has 0 bridgehead atoms. The van der Waals surface area contributed by atoms with E-state index >= 15 is 0 Å². The first kappa shape index (κ1) is 21.5. The number of piperazine rings is 1. The number of amides is 2. The number of fused-ring (bicyclic) bond motifs is 1. The highest BCUT2D eigenvalue weighted by Crippen LogP contribution is 2.29. The van der Waals surface area contributed by atoms with Crippen molar-refractivity contribution >= 4 is 48.0 Å². The van der Waals surface area contributed by atoms with E-state index in [9.17, 15) is 9.59 Å². The lowest BCUT2D eigenvalue weighted by Crippen LogP contribution is -2.57. The van der Waals surface area contributed by atoms with Crippen LogP contribution in [0.3, 0.4) is 0 Å². The lowest BCUT2D eigenvalue weighted by Gasteiger charge is -2.38. The first-order chi connectivity index (χ1) is 11.0. The molecular weight excluding hydrogens is 363 g/mol. The molecule has 0 aromatic heterocycles. The van der Waals surface area contributed by atoms with Gasteiger partial charge in [-0.05, 0) is 32.0 Å². The zero-order chi connectivity index (χ0) is 16.6. The van der Waals surface area contributed by atoms with Gasteiger partial charge in [-0.2, -0.15) is 0 Å². The second-order valence-corrected chi connectivity index (χ2v) is 6.43. The largest absolute Gasteiger partial charge is 0.372 e. The van der Waals surface area contributed by atoms with Crippen molar-refractivity contribution in [3.05, 3.63) is 23.8 Å². The summed E-state index contributed by atoms with van der Waals surface area (Å²) in [6.07, 6.45) is 0.459. The number of nitrogens with one attached hydrogen (secondary N) is 2. The summed E-state index contributed by atoms with van der Waals surface area (Å²) in [5, 5.41) is 6.29. The fraction of sp³-hybridized carbons (Fsp3) is 0.529. The number of nitrogens with zero attached hydrogens (tertiary/aromatic N) is 2. The highest BCUT2D eigenvalue weighted by molar-refractivity contribution is 6.01. The SMILES string of the molecule is CC1NCCN(C(=O)c2ccc3c(c2)NC(=O)CCN3C)C1C.Cl.Cl. The number of hydrogen-bond donors (Lipinski definition) is 2. The van der Waals surface area contributed by atoms with Gasteiger partial charge in [-0.3, -0.25) is 9.59 Å². The number of rotatable bonds is 1. The van der Waals surface area contributed by atoms with Crippen LogP contribution in [-0.2, 0) is 4.79 Å². The summed E-state index contributed by atoms with van der Waals surface area (Å²) in [6.45, 7) is 6.35. The smallest absolute Gasteiger partial charge is 0.254 e. The van der Waals surface area contributed by atoms with Crippen LogP contribution < -0.4 is 15.5 Å². The monoisotopic (exact) mass is 388 g/mol. The minimum atomic E-state index is -0.00985. The number of carbonyl (C=O) groups is 2. The minimum absolute atomic E-state index is 0. The third kappa shape index (κ3) is 4.37. The molecule has 25 heavy (non-hydrogen) atoms. The Balaban J connectivity index is 0.00000156. The first-order valence-electron chi connectivity index (χ1n) is 8.17. The van der Waals surface area contributed by atoms with E-state index in [0.29, 0.717) is 25.1 Å². The number of carbonyl (C=O) groups excluding carboxylic acids is 2. The number of halogens is 2. The Bertz CT molecular complexity index is 641. The predicted molar refractivity (Wildman–Crippen MR) is 105 cm³/mol. The van der Waals surface area contributed by atoms with Gasteiger partial charge in [-0.1, -0.05) is 0 Å². The average molecular weight is 389 g/mol. The summed E-state index contributed by atoms with van der Waals surface area (Å²) in [7, 11) is 1.96. The van der Waals surface area contributed by atoms with E-state index in [-0.39, 0.29) is 48.7 Å². The van der Waals surface area contributed by atoms with E-state index in [2.05, 4.69) is 24.5 Å². The van der Waals surface area contributed by atoms with Crippen LogP contribution in [0.4, 0.5) is 11.4 Å². The van der Waals surface area contributed by atoms with Crippen LogP contribution in [0.1, 0.15) is 30.6 Å². The second kappa shape index (κ2) is 8.74. The van der Waals surface area contributed by atoms with Crippen molar-refractivity contribution in [1.29, 1.82) is 0 Å². The van der Waals surface area contributed by atoms with Gasteiger partial charge in [0.15, 0.2) is 0 Å². The predicted octanol–water partition coefficient (Wildman–Crippen LogP) is 2.13. The maximum Gasteiger partial charge on any atom is 0.254 e. The number of hydrogen-bond acceptors (Lipinski definition) is 4. The fourth-order valence-electron chi connectivity index (χ4n) is 3.21. The van der Waals surface area contributed by atoms with Crippen LogP contribution in [-0.4, -0.2) is 55.5 Å². The molecule has 2 amide bonds. The Labute approximate surface area is 161 Å². The molecule has 1 saturated heterocycles. The summed E-state index contributed by atoms with van der Waals surface area (Å²) in [4.78, 5) is 28.6. The van der Waals surface area contributed by atoms with E-state index < -0.39 is 0 Å². The molecule has 0 aliphatic carbocycles. The molecule has 0 saturated carbocycles. The lowest BCUT2D eigenvalue weighted by atomic mass is 10.0. The van der Waals surface area contributed by atoms with Gasteiger partial charge < -0.3 is 20.4 Å². The van der Waals surface area contributed by atoms with E-state index in [4.69, 9.17) is 0 Å². The first-order valence-corrected chi connectivity index (χ1v) is 8.17. The molecule has 2 N–H and O–H groups in total. The van der Waals surface area contributed by atoms with Gasteiger partial charge in [-0.15, -0.1) is 24.8 Å². The molecule has 8 heteroatoms. The molecule has 1 fully saturated rings. The third-order valence-corrected chi connectivity index (χ3v) is 4.90. The van der Waals surface area contributed by atoms with Crippen molar-refractivity contribution < 1.29 is 9.59 Å². The van der Waals surface area contributed by atoms with Gasteiger partial charge in [0.25, 0.3) is 5.91 Å². The molecule has 3 rings (SSSR count). The van der Waals surface area contributed by atoms with Crippen molar-refractivity contribution in [2.24, 2.45) is 0 Å². The average Bonchev–Trinajstić information content (AvgIpc) is 2.68. The van der Waals surface area contributed by atoms with Gasteiger partial charge in [0.05, 0.1) is 11.4 Å². The van der Waals surface area contributed by atoms with Crippen LogP contribution in [0.2, 0.25) is 0 Å². The van der Waals surface area contributed by atoms with Crippen molar-refractivity contribution in [3.63, 3.8) is 0 Å². The Morgan fingerprint density at radius 3 is 2.64 bits per heavy atom. The number of benzene rings is 1. The Hall–Kier alpha value is -1.50. The van der Waals surface area contributed by atoms with Gasteiger partial charge in [0, 0.05) is 50.7 Å². The fourth-order valence-corrected chi connectivity index (χ4v) is 3.21. The van der Waals surface area contributed by atoms with Crippen LogP contribution in [0, 0.1) is 0 Å². The van der Waals surface area contributed by atoms with E-state index in [1.165, 1.54) is 0 Å². The molecule has 2 atom stereocenters. The van der Waals surface area contributed by atoms with E-state index in [1.807, 2.05) is 29.0 Å². The number of anilines is 2. The molecule has 0 radical (unpaired) electrons. The second-order valence-electron chi connectivity index (χ2n) is 6.43. The van der Waals surface area contributed by atoms with Gasteiger partial charge in [0.1, 0.15) is 0 Å². The molecular formula is C17H26Cl2N4O2. The molecule has 140 valence electrons. The van der Waals surface area contributed by atoms with E-state index in [0.717, 1.165) is 17.9 Å². The summed E-state index contributed by atoms with van der Waals surface area (Å²) in [5.41, 5.74) is 2.30. The molecule has 1 aromatic carbocycles. The highest BCUT2D eigenvalue weighted by atomic mass is 35.5. The van der Waals surface area contributed by atoms with Crippen LogP contribution in [0.15, 0.2) is 18.2 Å². The quantitative estimate of drug-likeness (QED) is 0.773. The molecule has 2 unspecified atom stereocenters. The van der Waals surface area contributed by atoms with Crippen molar-refractivity contribution in [2.45, 2.75) is 32.4 Å². The zero-order valence-electron chi connectivity index (χ0n) is 14.7. The summed E-state index contributed by atoms with van der Waals surface area (Å²) in [6, 6.07) is 6.00. The molecule has 2 aliphatic heterocycles. The lowest BCUT2D eigenvalue weighted by molar-refractivity contribution is -0.115. The van der Waals surface area contributed by atoms with Crippen LogP contribution >= 0.6 is 24.8 Å². The minimum Gasteiger partial charge on any atom is -0.372 e. The normalized spacial score (nSPS) is 22.8. The molecule has 2 aliphatic rings. The van der Waals surface area contributed by atoms with E-state index in [1.54, 1.807) is 6.07 Å². The third-order valence-electron chi connectivity index (χ3n) is 4.90. The Morgan fingerprint density at radius 1 is 1.20 bits per heavy atom. The maximum absolute atomic E-state index is 12.9. The summed E-state index contributed by atoms with van der Waals surface area (Å²) in [5.74, 6) is 0.0131. The molecule has 2 heterocycles. The highest BCUT2D eigenvalue weighted by Gasteiger charge is 2.29. The molecule has 0 spiro atoms. The Morgan fingerprint density at radius 2 is 1.92 bits per heavy atom. The van der Waals surface area contributed by atoms with Crippen molar-refractivity contribution in [2.75, 3.05) is 36.9 Å². The van der Waals surface area contributed by atoms with Crippen LogP contribution in [0.25, 0.3) is 0 Å². The zero-order valence-corrected chi connectivity index (χ0v) is 16.4. The van der Waals surface area contributed by atoms with Crippen molar-refractivity contribution in [3.8, 4) is 0 Å². The van der Waals surface area contributed by atoms with Crippen LogP contribution in [0.5, 0.6) is 0 Å². The molecule has 1 aromatic rings. The topological polar surface area (TPSA) is 64.7 Å². The molecule has 6 nitrogen and oxygen atoms in total. The standard InChI is InChI=1S/C17H24N4O2.2ClH/c1-11-12(2)21(9-7-18-11)17(23)13-4-5-15-14(10-13)19-16(22)6-8-20(15)3;;/h4-5,10-12,18H,6-9H2,1-3H3,(H,19,22);2*1H. The van der Waals surface area contributed by atoms with Gasteiger partial charge in [0.2, 0.25) is 5.91 Å². The van der Waals surface area contributed by atoms with Gasteiger partial charge in [-0.25, -0.2) is 0 Å². The maximum atomic E-state index is 12.9. The Kier molecular flexibility index (Phi) is 7.53. The summed E-state index contributed by atoms with van der Waals surface area (Å²) >= 11 is 0. The van der Waals surface area contributed by atoms with Gasteiger partial charge >= 0.3 is 0 Å². The van der Waals surface area contributed by atoms with Crippen molar-refractivity contribution in [1.82, 2.24) is 10.2 Å². The summed E-state index contributed by atoms with van der Waals surface area (Å²) < 4.78 is 0.